The Hall–Kier alpha value is -0.830. The molecule has 0 unspecified atom stereocenters. The van der Waals surface area contributed by atoms with Crippen molar-refractivity contribution in [3.63, 3.8) is 0 Å². The molecule has 0 bridgehead atoms. The monoisotopic (exact) mass is 256 g/mol. The van der Waals surface area contributed by atoms with E-state index >= 15 is 0 Å². The van der Waals surface area contributed by atoms with Gasteiger partial charge in [-0.15, -0.1) is 0 Å². The number of hydrogen-bond donors (Lipinski definition) is 0. The number of rotatable bonds is 5. The Labute approximate surface area is 92.4 Å². The predicted octanol–water partition coefficient (Wildman–Crippen LogP) is 3.40. The van der Waals surface area contributed by atoms with E-state index in [0.717, 1.165) is 25.2 Å². The van der Waals surface area contributed by atoms with Gasteiger partial charge < -0.3 is 4.74 Å². The predicted molar refractivity (Wildman–Crippen MR) is 60.1 cm³/mol. The Morgan fingerprint density at radius 3 is 2.50 bits per heavy atom. The van der Waals surface area contributed by atoms with Gasteiger partial charge in [-0.05, 0) is 46.6 Å². The van der Waals surface area contributed by atoms with E-state index < -0.39 is 0 Å². The molecule has 0 aliphatic heterocycles. The molecule has 0 aliphatic rings. The van der Waals surface area contributed by atoms with Crippen molar-refractivity contribution >= 4 is 20.6 Å². The molecule has 3 heteroatoms. The molecule has 1 aromatic carbocycles. The molecule has 0 saturated carbocycles. The van der Waals surface area contributed by atoms with E-state index in [-0.39, 0.29) is 4.69 Å². The molecule has 0 N–H and O–H groups in total. The Morgan fingerprint density at radius 1 is 1.36 bits per heavy atom. The fourth-order valence-corrected chi connectivity index (χ4v) is 1.28. The molecule has 1 rings (SSSR count). The van der Waals surface area contributed by atoms with Crippen LogP contribution >= 0.6 is 15.9 Å². The van der Waals surface area contributed by atoms with Gasteiger partial charge in [0.2, 0.25) is 4.69 Å². The summed E-state index contributed by atoms with van der Waals surface area (Å²) in [6.45, 7) is 2.86. The third-order valence-corrected chi connectivity index (χ3v) is 2.31. The van der Waals surface area contributed by atoms with Gasteiger partial charge in [0.25, 0.3) is 0 Å². The molecule has 2 nitrogen and oxygen atoms in total. The lowest BCUT2D eigenvalue weighted by Gasteiger charge is -2.04. The lowest BCUT2D eigenvalue weighted by atomic mass is 10.2. The first-order valence-corrected chi connectivity index (χ1v) is 5.46. The molecule has 1 aromatic rings. The lowest BCUT2D eigenvalue weighted by molar-refractivity contribution is 0.109. The molecule has 0 spiro atoms. The summed E-state index contributed by atoms with van der Waals surface area (Å²) in [5.74, 6) is 0.816. The molecule has 0 heterocycles. The molecule has 14 heavy (non-hydrogen) atoms. The number of halogens is 1. The van der Waals surface area contributed by atoms with Gasteiger partial charge >= 0.3 is 0 Å². The van der Waals surface area contributed by atoms with Crippen LogP contribution in [0.15, 0.2) is 24.3 Å². The summed E-state index contributed by atoms with van der Waals surface area (Å²) in [4.78, 5) is 10.9. The van der Waals surface area contributed by atoms with Crippen molar-refractivity contribution in [1.82, 2.24) is 0 Å². The third-order valence-electron chi connectivity index (χ3n) is 1.85. The van der Waals surface area contributed by atoms with Crippen LogP contribution in [0.1, 0.15) is 30.1 Å². The van der Waals surface area contributed by atoms with E-state index in [0.29, 0.717) is 5.56 Å². The maximum absolute atomic E-state index is 10.9. The summed E-state index contributed by atoms with van der Waals surface area (Å²) in [5, 5.41) is 0. The van der Waals surface area contributed by atoms with E-state index in [1.54, 1.807) is 12.1 Å². The molecule has 0 atom stereocenters. The molecular formula is C11H13BrO2. The minimum absolute atomic E-state index is 0.0994. The van der Waals surface area contributed by atoms with Gasteiger partial charge in [-0.3, -0.25) is 4.79 Å². The Bertz CT molecular complexity index is 293. The second-order valence-electron chi connectivity index (χ2n) is 3.00. The summed E-state index contributed by atoms with van der Waals surface area (Å²) in [6.07, 6.45) is 2.18. The molecule has 76 valence electrons. The van der Waals surface area contributed by atoms with Crippen molar-refractivity contribution in [3.05, 3.63) is 29.8 Å². The minimum Gasteiger partial charge on any atom is -0.494 e. The lowest BCUT2D eigenvalue weighted by Crippen LogP contribution is -1.96. The minimum atomic E-state index is -0.0994. The van der Waals surface area contributed by atoms with Crippen LogP contribution in [0.25, 0.3) is 0 Å². The normalized spacial score (nSPS) is 9.86. The van der Waals surface area contributed by atoms with Crippen LogP contribution in [0.4, 0.5) is 0 Å². The molecule has 0 fully saturated rings. The van der Waals surface area contributed by atoms with Gasteiger partial charge in [0.15, 0.2) is 0 Å². The quantitative estimate of drug-likeness (QED) is 0.597. The number of carbonyl (C=O) groups is 1. The van der Waals surface area contributed by atoms with Crippen LogP contribution in [-0.2, 0) is 0 Å². The molecule has 0 aliphatic carbocycles. The number of carbonyl (C=O) groups excluding carboxylic acids is 1. The third kappa shape index (κ3) is 3.50. The smallest absolute Gasteiger partial charge is 0.228 e. The van der Waals surface area contributed by atoms with Crippen molar-refractivity contribution in [3.8, 4) is 5.75 Å². The summed E-state index contributed by atoms with van der Waals surface area (Å²) < 4.78 is 5.36. The highest BCUT2D eigenvalue weighted by molar-refractivity contribution is 9.18. The van der Waals surface area contributed by atoms with E-state index in [2.05, 4.69) is 22.9 Å². The highest BCUT2D eigenvalue weighted by atomic mass is 79.9. The first-order valence-electron chi connectivity index (χ1n) is 4.66. The van der Waals surface area contributed by atoms with Gasteiger partial charge in [0.05, 0.1) is 6.61 Å². The molecule has 0 aromatic heterocycles. The van der Waals surface area contributed by atoms with Crippen LogP contribution in [0.5, 0.6) is 5.75 Å². The zero-order valence-corrected chi connectivity index (χ0v) is 9.71. The Kier molecular flexibility index (Phi) is 4.66. The van der Waals surface area contributed by atoms with Gasteiger partial charge in [-0.25, -0.2) is 0 Å². The SMILES string of the molecule is CCCCOc1ccc(C(=O)Br)cc1. The average Bonchev–Trinajstić information content (AvgIpc) is 2.19. The number of hydrogen-bond acceptors (Lipinski definition) is 2. The highest BCUT2D eigenvalue weighted by Crippen LogP contribution is 2.14. The standard InChI is InChI=1S/C11H13BrO2/c1-2-3-8-14-10-6-4-9(5-7-10)11(12)13/h4-7H,2-3,8H2,1H3. The van der Waals surface area contributed by atoms with E-state index in [1.807, 2.05) is 12.1 Å². The Morgan fingerprint density at radius 2 is 2.00 bits per heavy atom. The number of unbranched alkanes of at least 4 members (excludes halogenated alkanes) is 1. The van der Waals surface area contributed by atoms with Crippen LogP contribution in [0.3, 0.4) is 0 Å². The van der Waals surface area contributed by atoms with Crippen LogP contribution in [0.2, 0.25) is 0 Å². The summed E-state index contributed by atoms with van der Waals surface area (Å²) >= 11 is 2.89. The number of benzene rings is 1. The largest absolute Gasteiger partial charge is 0.494 e. The summed E-state index contributed by atoms with van der Waals surface area (Å²) in [7, 11) is 0. The van der Waals surface area contributed by atoms with Gasteiger partial charge in [0, 0.05) is 5.56 Å². The zero-order chi connectivity index (χ0) is 10.4. The maximum atomic E-state index is 10.9. The molecule has 0 amide bonds. The van der Waals surface area contributed by atoms with E-state index in [1.165, 1.54) is 0 Å². The van der Waals surface area contributed by atoms with Crippen molar-refractivity contribution < 1.29 is 9.53 Å². The first-order chi connectivity index (χ1) is 6.74. The molecule has 0 radical (unpaired) electrons. The van der Waals surface area contributed by atoms with Crippen molar-refractivity contribution in [2.75, 3.05) is 6.61 Å². The molecular weight excluding hydrogens is 244 g/mol. The van der Waals surface area contributed by atoms with Gasteiger partial charge in [-0.2, -0.15) is 0 Å². The second kappa shape index (κ2) is 5.81. The van der Waals surface area contributed by atoms with Crippen LogP contribution in [-0.4, -0.2) is 11.3 Å². The van der Waals surface area contributed by atoms with E-state index in [9.17, 15) is 4.79 Å². The van der Waals surface area contributed by atoms with Crippen molar-refractivity contribution in [1.29, 1.82) is 0 Å². The fraction of sp³-hybridized carbons (Fsp3) is 0.364. The topological polar surface area (TPSA) is 26.3 Å². The highest BCUT2D eigenvalue weighted by Gasteiger charge is 2.00. The van der Waals surface area contributed by atoms with E-state index in [4.69, 9.17) is 4.74 Å². The first kappa shape index (κ1) is 11.2. The van der Waals surface area contributed by atoms with Crippen molar-refractivity contribution in [2.45, 2.75) is 19.8 Å². The summed E-state index contributed by atoms with van der Waals surface area (Å²) in [5.41, 5.74) is 0.646. The van der Waals surface area contributed by atoms with Gasteiger partial charge in [-0.1, -0.05) is 13.3 Å². The van der Waals surface area contributed by atoms with Crippen LogP contribution < -0.4 is 4.74 Å². The average molecular weight is 257 g/mol. The van der Waals surface area contributed by atoms with Gasteiger partial charge in [0.1, 0.15) is 5.75 Å². The Balaban J connectivity index is 2.51. The maximum Gasteiger partial charge on any atom is 0.228 e. The fourth-order valence-electron chi connectivity index (χ4n) is 1.02. The summed E-state index contributed by atoms with van der Waals surface area (Å²) in [6, 6.07) is 7.12. The molecule has 0 saturated heterocycles. The van der Waals surface area contributed by atoms with Crippen LogP contribution in [0, 0.1) is 0 Å². The second-order valence-corrected chi connectivity index (χ2v) is 3.72. The van der Waals surface area contributed by atoms with Crippen molar-refractivity contribution in [2.24, 2.45) is 0 Å². The number of ether oxygens (including phenoxy) is 1. The zero-order valence-electron chi connectivity index (χ0n) is 8.13.